The van der Waals surface area contributed by atoms with Crippen LogP contribution in [0.3, 0.4) is 0 Å². The molecular weight excluding hydrogens is 220 g/mol. The number of aliphatic hydroxyl groups excluding tert-OH is 1. The molecule has 2 unspecified atom stereocenters. The van der Waals surface area contributed by atoms with E-state index in [1.165, 1.54) is 4.88 Å². The maximum Gasteiger partial charge on any atom is 0.0791 e. The first kappa shape index (κ1) is 13.6. The van der Waals surface area contributed by atoms with Gasteiger partial charge in [-0.3, -0.25) is 0 Å². The average Bonchev–Trinajstić information content (AvgIpc) is 2.71. The van der Waals surface area contributed by atoms with Gasteiger partial charge in [-0.25, -0.2) is 0 Å². The molecule has 0 bridgehead atoms. The van der Waals surface area contributed by atoms with Crippen molar-refractivity contribution in [3.8, 4) is 0 Å². The number of thiophene rings is 1. The van der Waals surface area contributed by atoms with Crippen molar-refractivity contribution in [2.24, 2.45) is 0 Å². The lowest BCUT2D eigenvalue weighted by molar-refractivity contribution is 0.131. The number of hydrogen-bond donors (Lipinski definition) is 2. The molecule has 0 radical (unpaired) electrons. The molecule has 1 aromatic heterocycles. The molecular formula is C12H22N2OS. The van der Waals surface area contributed by atoms with Gasteiger partial charge in [0, 0.05) is 24.0 Å². The van der Waals surface area contributed by atoms with Gasteiger partial charge in [-0.1, -0.05) is 13.0 Å². The highest BCUT2D eigenvalue weighted by atomic mass is 32.1. The molecule has 0 fully saturated rings. The Kier molecular flexibility index (Phi) is 5.98. The average molecular weight is 242 g/mol. The second-order valence-electron chi connectivity index (χ2n) is 4.30. The van der Waals surface area contributed by atoms with E-state index in [2.05, 4.69) is 29.8 Å². The predicted octanol–water partition coefficient (Wildman–Crippen LogP) is 1.71. The molecule has 92 valence electrons. The van der Waals surface area contributed by atoms with Crippen LogP contribution < -0.4 is 5.32 Å². The normalized spacial score (nSPS) is 15.3. The minimum Gasteiger partial charge on any atom is -0.390 e. The summed E-state index contributed by atoms with van der Waals surface area (Å²) in [6, 6.07) is 4.59. The standard InChI is InChI=1S/C12H22N2OS/c1-4-11(12-6-5-7-16-12)13-8-10(15)9-14(2)3/h5-7,10-11,13,15H,4,8-9H2,1-3H3. The fourth-order valence-corrected chi connectivity index (χ4v) is 2.59. The Morgan fingerprint density at radius 1 is 1.50 bits per heavy atom. The van der Waals surface area contributed by atoms with Crippen LogP contribution in [0.2, 0.25) is 0 Å². The summed E-state index contributed by atoms with van der Waals surface area (Å²) in [5.74, 6) is 0. The van der Waals surface area contributed by atoms with E-state index in [-0.39, 0.29) is 6.10 Å². The van der Waals surface area contributed by atoms with Gasteiger partial charge in [0.15, 0.2) is 0 Å². The summed E-state index contributed by atoms with van der Waals surface area (Å²) >= 11 is 1.77. The third kappa shape index (κ3) is 4.61. The number of hydrogen-bond acceptors (Lipinski definition) is 4. The monoisotopic (exact) mass is 242 g/mol. The van der Waals surface area contributed by atoms with E-state index < -0.39 is 0 Å². The smallest absolute Gasteiger partial charge is 0.0791 e. The maximum atomic E-state index is 9.76. The lowest BCUT2D eigenvalue weighted by atomic mass is 10.2. The van der Waals surface area contributed by atoms with Crippen molar-refractivity contribution in [2.45, 2.75) is 25.5 Å². The van der Waals surface area contributed by atoms with E-state index in [0.29, 0.717) is 19.1 Å². The summed E-state index contributed by atoms with van der Waals surface area (Å²) in [7, 11) is 3.94. The molecule has 1 rings (SSSR count). The summed E-state index contributed by atoms with van der Waals surface area (Å²) in [5, 5.41) is 15.3. The van der Waals surface area contributed by atoms with Gasteiger partial charge in [0.2, 0.25) is 0 Å². The van der Waals surface area contributed by atoms with E-state index in [0.717, 1.165) is 6.42 Å². The van der Waals surface area contributed by atoms with Crippen molar-refractivity contribution in [2.75, 3.05) is 27.2 Å². The summed E-state index contributed by atoms with van der Waals surface area (Å²) in [5.41, 5.74) is 0. The first-order chi connectivity index (χ1) is 7.63. The fourth-order valence-electron chi connectivity index (χ4n) is 1.70. The minimum atomic E-state index is -0.302. The Hall–Kier alpha value is -0.420. The molecule has 0 aromatic carbocycles. The molecule has 4 heteroatoms. The number of likely N-dealkylation sites (N-methyl/N-ethyl adjacent to an activating group) is 1. The largest absolute Gasteiger partial charge is 0.390 e. The molecule has 1 aromatic rings. The number of rotatable bonds is 7. The van der Waals surface area contributed by atoms with Gasteiger partial charge in [-0.05, 0) is 32.0 Å². The quantitative estimate of drug-likeness (QED) is 0.764. The molecule has 0 aliphatic carbocycles. The van der Waals surface area contributed by atoms with E-state index in [1.807, 2.05) is 19.0 Å². The predicted molar refractivity (Wildman–Crippen MR) is 69.9 cm³/mol. The Morgan fingerprint density at radius 3 is 2.75 bits per heavy atom. The SMILES string of the molecule is CCC(NCC(O)CN(C)C)c1cccs1. The van der Waals surface area contributed by atoms with Gasteiger partial charge in [-0.15, -0.1) is 11.3 Å². The van der Waals surface area contributed by atoms with Crippen LogP contribution in [0.1, 0.15) is 24.3 Å². The molecule has 3 nitrogen and oxygen atoms in total. The van der Waals surface area contributed by atoms with Crippen molar-refractivity contribution in [3.63, 3.8) is 0 Å². The number of aliphatic hydroxyl groups is 1. The van der Waals surface area contributed by atoms with Crippen LogP contribution in [0.5, 0.6) is 0 Å². The fraction of sp³-hybridized carbons (Fsp3) is 0.667. The molecule has 0 aliphatic heterocycles. The molecule has 0 saturated heterocycles. The van der Waals surface area contributed by atoms with E-state index in [9.17, 15) is 5.11 Å². The van der Waals surface area contributed by atoms with E-state index >= 15 is 0 Å². The van der Waals surface area contributed by atoms with Crippen molar-refractivity contribution in [1.29, 1.82) is 0 Å². The highest BCUT2D eigenvalue weighted by Crippen LogP contribution is 2.21. The zero-order valence-corrected chi connectivity index (χ0v) is 11.1. The van der Waals surface area contributed by atoms with Crippen LogP contribution in [-0.4, -0.2) is 43.3 Å². The summed E-state index contributed by atoms with van der Waals surface area (Å²) in [6.45, 7) is 3.51. The summed E-state index contributed by atoms with van der Waals surface area (Å²) in [4.78, 5) is 3.35. The van der Waals surface area contributed by atoms with Crippen molar-refractivity contribution in [3.05, 3.63) is 22.4 Å². The van der Waals surface area contributed by atoms with Crippen LogP contribution in [0.25, 0.3) is 0 Å². The van der Waals surface area contributed by atoms with Crippen molar-refractivity contribution >= 4 is 11.3 Å². The van der Waals surface area contributed by atoms with Crippen LogP contribution >= 0.6 is 11.3 Å². The molecule has 0 amide bonds. The molecule has 1 heterocycles. The van der Waals surface area contributed by atoms with Gasteiger partial charge in [-0.2, -0.15) is 0 Å². The Morgan fingerprint density at radius 2 is 2.25 bits per heavy atom. The second kappa shape index (κ2) is 7.01. The van der Waals surface area contributed by atoms with Crippen LogP contribution in [0.4, 0.5) is 0 Å². The maximum absolute atomic E-state index is 9.76. The third-order valence-electron chi connectivity index (χ3n) is 2.47. The van der Waals surface area contributed by atoms with Gasteiger partial charge < -0.3 is 15.3 Å². The Balaban J connectivity index is 2.35. The minimum absolute atomic E-state index is 0.302. The number of nitrogens with zero attached hydrogens (tertiary/aromatic N) is 1. The van der Waals surface area contributed by atoms with Gasteiger partial charge in [0.05, 0.1) is 6.10 Å². The Labute approximate surface area is 102 Å². The van der Waals surface area contributed by atoms with Crippen LogP contribution in [0, 0.1) is 0 Å². The van der Waals surface area contributed by atoms with Gasteiger partial charge >= 0.3 is 0 Å². The third-order valence-corrected chi connectivity index (χ3v) is 3.46. The van der Waals surface area contributed by atoms with Gasteiger partial charge in [0.1, 0.15) is 0 Å². The van der Waals surface area contributed by atoms with E-state index in [4.69, 9.17) is 0 Å². The van der Waals surface area contributed by atoms with Crippen LogP contribution in [-0.2, 0) is 0 Å². The first-order valence-electron chi connectivity index (χ1n) is 5.73. The summed E-state index contributed by atoms with van der Waals surface area (Å²) in [6.07, 6.45) is 0.749. The van der Waals surface area contributed by atoms with Gasteiger partial charge in [0.25, 0.3) is 0 Å². The Bertz CT molecular complexity index is 275. The second-order valence-corrected chi connectivity index (χ2v) is 5.28. The molecule has 0 aliphatic rings. The van der Waals surface area contributed by atoms with Crippen molar-refractivity contribution in [1.82, 2.24) is 10.2 Å². The number of nitrogens with one attached hydrogen (secondary N) is 1. The first-order valence-corrected chi connectivity index (χ1v) is 6.61. The summed E-state index contributed by atoms with van der Waals surface area (Å²) < 4.78 is 0. The molecule has 2 N–H and O–H groups in total. The lowest BCUT2D eigenvalue weighted by Crippen LogP contribution is -2.36. The van der Waals surface area contributed by atoms with E-state index in [1.54, 1.807) is 11.3 Å². The topological polar surface area (TPSA) is 35.5 Å². The zero-order valence-electron chi connectivity index (χ0n) is 10.3. The molecule has 0 spiro atoms. The molecule has 0 saturated carbocycles. The molecule has 2 atom stereocenters. The lowest BCUT2D eigenvalue weighted by Gasteiger charge is -2.20. The van der Waals surface area contributed by atoms with Crippen LogP contribution in [0.15, 0.2) is 17.5 Å². The highest BCUT2D eigenvalue weighted by molar-refractivity contribution is 7.10. The highest BCUT2D eigenvalue weighted by Gasteiger charge is 2.12. The zero-order chi connectivity index (χ0) is 12.0. The molecule has 16 heavy (non-hydrogen) atoms. The van der Waals surface area contributed by atoms with Crippen molar-refractivity contribution < 1.29 is 5.11 Å².